The molecule has 0 saturated heterocycles. The maximum absolute atomic E-state index is 14.1. The van der Waals surface area contributed by atoms with Gasteiger partial charge >= 0.3 is 6.18 Å². The van der Waals surface area contributed by atoms with Gasteiger partial charge < -0.3 is 9.84 Å². The van der Waals surface area contributed by atoms with Crippen LogP contribution >= 0.6 is 11.6 Å². The lowest BCUT2D eigenvalue weighted by atomic mass is 9.82. The van der Waals surface area contributed by atoms with Crippen molar-refractivity contribution in [3.8, 4) is 5.75 Å². The van der Waals surface area contributed by atoms with Crippen molar-refractivity contribution in [2.24, 2.45) is 4.99 Å². The Hall–Kier alpha value is -2.78. The number of hydrogen-bond donors (Lipinski definition) is 1. The molecule has 33 heavy (non-hydrogen) atoms. The number of methoxy groups -OCH3 is 1. The van der Waals surface area contributed by atoms with Crippen LogP contribution in [0, 0.1) is 12.7 Å². The molecule has 174 valence electrons. The molecule has 0 radical (unpaired) electrons. The maximum Gasteiger partial charge on any atom is 0.422 e. The van der Waals surface area contributed by atoms with Crippen molar-refractivity contribution in [2.45, 2.75) is 43.4 Å². The van der Waals surface area contributed by atoms with E-state index in [0.29, 0.717) is 30.4 Å². The Kier molecular flexibility index (Phi) is 5.82. The van der Waals surface area contributed by atoms with Gasteiger partial charge in [-0.3, -0.25) is 4.99 Å². The van der Waals surface area contributed by atoms with E-state index in [1.165, 1.54) is 19.4 Å². The number of para-hydroxylation sites is 1. The summed E-state index contributed by atoms with van der Waals surface area (Å²) in [5.74, 6) is -0.0545. The number of rotatable bonds is 6. The van der Waals surface area contributed by atoms with E-state index in [1.807, 2.05) is 0 Å². The molecule has 10 heteroatoms. The van der Waals surface area contributed by atoms with Gasteiger partial charge in [-0.15, -0.1) is 0 Å². The van der Waals surface area contributed by atoms with Crippen molar-refractivity contribution < 1.29 is 27.4 Å². The molecule has 0 amide bonds. The molecule has 1 aliphatic rings. The number of fused-ring (bicyclic) bond motifs is 1. The highest BCUT2D eigenvalue weighted by Gasteiger charge is 2.60. The number of benzene rings is 2. The molecule has 0 spiro atoms. The van der Waals surface area contributed by atoms with Crippen LogP contribution < -0.4 is 4.74 Å². The third-order valence-electron chi connectivity index (χ3n) is 5.91. The second-order valence-corrected chi connectivity index (χ2v) is 8.61. The molecule has 4 rings (SSSR count). The number of alkyl halides is 3. The van der Waals surface area contributed by atoms with Gasteiger partial charge in [0.25, 0.3) is 0 Å². The largest absolute Gasteiger partial charge is 0.495 e. The zero-order valence-electron chi connectivity index (χ0n) is 17.7. The predicted octanol–water partition coefficient (Wildman–Crippen LogP) is 5.86. The van der Waals surface area contributed by atoms with Crippen LogP contribution in [0.5, 0.6) is 5.75 Å². The summed E-state index contributed by atoms with van der Waals surface area (Å²) < 4.78 is 61.7. The highest BCUT2D eigenvalue weighted by molar-refractivity contribution is 6.32. The van der Waals surface area contributed by atoms with Crippen molar-refractivity contribution in [3.63, 3.8) is 0 Å². The first-order chi connectivity index (χ1) is 15.5. The Balaban J connectivity index is 1.75. The minimum Gasteiger partial charge on any atom is -0.495 e. The number of aryl methyl sites for hydroxylation is 1. The monoisotopic (exact) mass is 481 g/mol. The second kappa shape index (κ2) is 8.22. The fourth-order valence-electron chi connectivity index (χ4n) is 4.01. The standard InChI is InChI=1S/C23H20ClF4N3O2/c1-13-29-10-14-18(7-6-17(25)19(14)31-13)30-12-22(32,23(26,27)28)11-21(8-9-21)15-4-3-5-16(24)20(15)33-2/h3-7,10,12,32H,8-9,11H2,1-2H3. The number of nitrogens with zero attached hydrogens (tertiary/aromatic N) is 3. The molecule has 2 aromatic carbocycles. The molecule has 1 heterocycles. The first kappa shape index (κ1) is 23.4. The Morgan fingerprint density at radius 1 is 1.24 bits per heavy atom. The first-order valence-electron chi connectivity index (χ1n) is 10.1. The molecule has 1 N–H and O–H groups in total. The molecule has 1 atom stereocenters. The van der Waals surface area contributed by atoms with E-state index in [0.717, 1.165) is 6.07 Å². The molecular weight excluding hydrogens is 462 g/mol. The minimum absolute atomic E-state index is 0.0132. The van der Waals surface area contributed by atoms with E-state index in [-0.39, 0.29) is 27.4 Å². The molecule has 1 aliphatic carbocycles. The third-order valence-corrected chi connectivity index (χ3v) is 6.21. The van der Waals surface area contributed by atoms with Crippen molar-refractivity contribution in [3.05, 3.63) is 58.8 Å². The van der Waals surface area contributed by atoms with E-state index in [4.69, 9.17) is 16.3 Å². The van der Waals surface area contributed by atoms with E-state index in [1.54, 1.807) is 25.1 Å². The van der Waals surface area contributed by atoms with Crippen molar-refractivity contribution in [1.29, 1.82) is 0 Å². The van der Waals surface area contributed by atoms with Gasteiger partial charge in [0.15, 0.2) is 5.60 Å². The molecule has 3 aromatic rings. The second-order valence-electron chi connectivity index (χ2n) is 8.20. The lowest BCUT2D eigenvalue weighted by molar-refractivity contribution is -0.233. The number of halogens is 5. The maximum atomic E-state index is 14.1. The van der Waals surface area contributed by atoms with Crippen LogP contribution in [-0.4, -0.2) is 40.2 Å². The quantitative estimate of drug-likeness (QED) is 0.354. The van der Waals surface area contributed by atoms with Gasteiger partial charge in [0.1, 0.15) is 22.9 Å². The summed E-state index contributed by atoms with van der Waals surface area (Å²) in [7, 11) is 1.39. The van der Waals surface area contributed by atoms with Crippen molar-refractivity contribution >= 4 is 34.4 Å². The van der Waals surface area contributed by atoms with Gasteiger partial charge in [0.2, 0.25) is 0 Å². The molecule has 5 nitrogen and oxygen atoms in total. The summed E-state index contributed by atoms with van der Waals surface area (Å²) in [6, 6.07) is 7.15. The van der Waals surface area contributed by atoms with Gasteiger partial charge in [-0.05, 0) is 38.0 Å². The van der Waals surface area contributed by atoms with E-state index in [9.17, 15) is 22.7 Å². The van der Waals surface area contributed by atoms with Gasteiger partial charge in [0.05, 0.1) is 17.8 Å². The Bertz CT molecular complexity index is 1240. The summed E-state index contributed by atoms with van der Waals surface area (Å²) in [4.78, 5) is 11.9. The van der Waals surface area contributed by atoms with Crippen molar-refractivity contribution in [1.82, 2.24) is 9.97 Å². The van der Waals surface area contributed by atoms with Crippen LogP contribution in [0.25, 0.3) is 10.9 Å². The highest BCUT2D eigenvalue weighted by atomic mass is 35.5. The van der Waals surface area contributed by atoms with Crippen LogP contribution in [0.3, 0.4) is 0 Å². The number of aliphatic hydroxyl groups is 1. The average Bonchev–Trinajstić information content (AvgIpc) is 3.53. The topological polar surface area (TPSA) is 67.6 Å². The Morgan fingerprint density at radius 3 is 2.61 bits per heavy atom. The molecule has 1 fully saturated rings. The lowest BCUT2D eigenvalue weighted by Gasteiger charge is -2.31. The summed E-state index contributed by atoms with van der Waals surface area (Å²) in [5, 5.41) is 11.2. The van der Waals surface area contributed by atoms with E-state index >= 15 is 0 Å². The normalized spacial score (nSPS) is 17.3. The van der Waals surface area contributed by atoms with Crippen LogP contribution in [-0.2, 0) is 5.41 Å². The number of aromatic nitrogens is 2. The van der Waals surface area contributed by atoms with Crippen LogP contribution in [0.2, 0.25) is 5.02 Å². The zero-order valence-corrected chi connectivity index (χ0v) is 18.5. The van der Waals surface area contributed by atoms with Gasteiger partial charge in [0, 0.05) is 35.2 Å². The fraction of sp³-hybridized carbons (Fsp3) is 0.348. The Labute approximate surface area is 192 Å². The number of aliphatic imine (C=N–C) groups is 1. The van der Waals surface area contributed by atoms with Crippen molar-refractivity contribution in [2.75, 3.05) is 7.11 Å². The predicted molar refractivity (Wildman–Crippen MR) is 117 cm³/mol. The number of ether oxygens (including phenoxy) is 1. The third kappa shape index (κ3) is 4.27. The summed E-state index contributed by atoms with van der Waals surface area (Å²) in [6.07, 6.45) is -3.08. The van der Waals surface area contributed by atoms with E-state index in [2.05, 4.69) is 15.0 Å². The molecule has 0 aliphatic heterocycles. The van der Waals surface area contributed by atoms with Gasteiger partial charge in [-0.1, -0.05) is 23.7 Å². The molecular formula is C23H20ClF4N3O2. The van der Waals surface area contributed by atoms with Gasteiger partial charge in [-0.25, -0.2) is 14.4 Å². The van der Waals surface area contributed by atoms with Crippen LogP contribution in [0.4, 0.5) is 23.2 Å². The smallest absolute Gasteiger partial charge is 0.422 e. The molecule has 0 bridgehead atoms. The fourth-order valence-corrected chi connectivity index (χ4v) is 4.26. The lowest BCUT2D eigenvalue weighted by Crippen LogP contribution is -2.49. The molecule has 1 saturated carbocycles. The SMILES string of the molecule is COc1c(Cl)cccc1C1(CC(O)(C=Nc2ccc(F)c3nc(C)ncc23)C(F)(F)F)CC1. The van der Waals surface area contributed by atoms with Crippen LogP contribution in [0.15, 0.2) is 41.5 Å². The van der Waals surface area contributed by atoms with E-state index < -0.39 is 29.4 Å². The average molecular weight is 482 g/mol. The molecule has 1 unspecified atom stereocenters. The summed E-state index contributed by atoms with van der Waals surface area (Å²) in [6.45, 7) is 1.57. The van der Waals surface area contributed by atoms with Gasteiger partial charge in [-0.2, -0.15) is 13.2 Å². The zero-order chi connectivity index (χ0) is 24.0. The molecule has 1 aromatic heterocycles. The van der Waals surface area contributed by atoms with Crippen LogP contribution in [0.1, 0.15) is 30.7 Å². The Morgan fingerprint density at radius 2 is 1.97 bits per heavy atom. The first-order valence-corrected chi connectivity index (χ1v) is 10.5. The summed E-state index contributed by atoms with van der Waals surface area (Å²) >= 11 is 6.17. The summed E-state index contributed by atoms with van der Waals surface area (Å²) in [5.41, 5.74) is -3.76. The highest BCUT2D eigenvalue weighted by Crippen LogP contribution is 2.58. The minimum atomic E-state index is -5.01. The number of hydrogen-bond acceptors (Lipinski definition) is 5.